The molecule has 1 aromatic carbocycles. The highest BCUT2D eigenvalue weighted by molar-refractivity contribution is 7.09. The molecule has 1 saturated heterocycles. The molecule has 7 heteroatoms. The van der Waals surface area contributed by atoms with Gasteiger partial charge in [0.25, 0.3) is 0 Å². The van der Waals surface area contributed by atoms with E-state index in [1.165, 1.54) is 17.6 Å². The highest BCUT2D eigenvalue weighted by Crippen LogP contribution is 2.25. The molecule has 0 spiro atoms. The summed E-state index contributed by atoms with van der Waals surface area (Å²) in [5.41, 5.74) is 0.899. The molecule has 1 fully saturated rings. The van der Waals surface area contributed by atoms with Gasteiger partial charge in [-0.1, -0.05) is 0 Å². The molecule has 0 radical (unpaired) electrons. The molecular formula is C15H16FN5S. The number of hydrogen-bond acceptors (Lipinski definition) is 6. The summed E-state index contributed by atoms with van der Waals surface area (Å²) >= 11 is 1.35. The Labute approximate surface area is 132 Å². The van der Waals surface area contributed by atoms with E-state index < -0.39 is 0 Å². The Morgan fingerprint density at radius 2 is 2.36 bits per heavy atom. The summed E-state index contributed by atoms with van der Waals surface area (Å²) in [7, 11) is 0. The van der Waals surface area contributed by atoms with Gasteiger partial charge in [-0.05, 0) is 38.0 Å². The maximum Gasteiger partial charge on any atom is 0.202 e. The predicted octanol–water partition coefficient (Wildman–Crippen LogP) is 2.94. The molecule has 1 aliphatic rings. The van der Waals surface area contributed by atoms with E-state index in [0.29, 0.717) is 17.8 Å². The van der Waals surface area contributed by atoms with E-state index in [9.17, 15) is 4.39 Å². The van der Waals surface area contributed by atoms with Gasteiger partial charge in [-0.3, -0.25) is 0 Å². The zero-order chi connectivity index (χ0) is 15.5. The molecule has 1 unspecified atom stereocenters. The molecule has 3 rings (SSSR count). The number of aromatic nitrogens is 2. The Bertz CT molecular complexity index is 708. The number of hydrogen-bond donors (Lipinski definition) is 1. The fourth-order valence-electron chi connectivity index (χ4n) is 2.68. The molecule has 0 saturated carbocycles. The van der Waals surface area contributed by atoms with Gasteiger partial charge in [0, 0.05) is 30.7 Å². The summed E-state index contributed by atoms with van der Waals surface area (Å²) in [6.07, 6.45) is 2.00. The zero-order valence-corrected chi connectivity index (χ0v) is 13.0. The molecule has 2 heterocycles. The van der Waals surface area contributed by atoms with Gasteiger partial charge in [0.15, 0.2) is 0 Å². The van der Waals surface area contributed by atoms with Gasteiger partial charge >= 0.3 is 0 Å². The Kier molecular flexibility index (Phi) is 4.20. The van der Waals surface area contributed by atoms with Crippen LogP contribution in [0.3, 0.4) is 0 Å². The van der Waals surface area contributed by atoms with Crippen LogP contribution < -0.4 is 10.2 Å². The number of benzene rings is 1. The van der Waals surface area contributed by atoms with Crippen LogP contribution in [0.25, 0.3) is 0 Å². The standard InChI is InChI=1S/C15H16FN5S/c1-10-18-15(22-20-10)19-12-3-2-6-21(9-12)14-5-4-11(8-17)7-13(14)16/h4-5,7,12H,2-3,6,9H2,1H3,(H,18,19,20). The summed E-state index contributed by atoms with van der Waals surface area (Å²) in [5.74, 6) is 0.421. The van der Waals surface area contributed by atoms with E-state index in [0.717, 1.165) is 30.3 Å². The third-order valence-corrected chi connectivity index (χ3v) is 4.43. The highest BCUT2D eigenvalue weighted by Gasteiger charge is 2.23. The van der Waals surface area contributed by atoms with Crippen molar-refractivity contribution in [3.8, 4) is 6.07 Å². The zero-order valence-electron chi connectivity index (χ0n) is 12.2. The average Bonchev–Trinajstić information content (AvgIpc) is 2.92. The number of nitriles is 1. The smallest absolute Gasteiger partial charge is 0.202 e. The van der Waals surface area contributed by atoms with Gasteiger partial charge in [0.1, 0.15) is 11.6 Å². The molecular weight excluding hydrogens is 301 g/mol. The first-order chi connectivity index (χ1) is 10.7. The molecule has 2 aromatic rings. The van der Waals surface area contributed by atoms with Crippen molar-refractivity contribution in [3.05, 3.63) is 35.4 Å². The molecule has 0 amide bonds. The van der Waals surface area contributed by atoms with Crippen molar-refractivity contribution in [2.24, 2.45) is 0 Å². The number of piperidine rings is 1. The summed E-state index contributed by atoms with van der Waals surface area (Å²) < 4.78 is 18.3. The van der Waals surface area contributed by atoms with Crippen molar-refractivity contribution < 1.29 is 4.39 Å². The minimum atomic E-state index is -0.341. The first kappa shape index (κ1) is 14.7. The molecule has 1 aliphatic heterocycles. The van der Waals surface area contributed by atoms with Gasteiger partial charge in [0.05, 0.1) is 17.3 Å². The number of aryl methyl sites for hydroxylation is 1. The number of nitrogens with one attached hydrogen (secondary N) is 1. The fourth-order valence-corrected chi connectivity index (χ4v) is 3.33. The molecule has 0 bridgehead atoms. The van der Waals surface area contributed by atoms with Gasteiger partial charge in [0.2, 0.25) is 5.13 Å². The van der Waals surface area contributed by atoms with Crippen LogP contribution in [0, 0.1) is 24.1 Å². The average molecular weight is 317 g/mol. The van der Waals surface area contributed by atoms with E-state index in [4.69, 9.17) is 5.26 Å². The van der Waals surface area contributed by atoms with E-state index in [-0.39, 0.29) is 11.9 Å². The SMILES string of the molecule is Cc1nsc(NC2CCCN(c3ccc(C#N)cc3F)C2)n1. The molecule has 22 heavy (non-hydrogen) atoms. The Morgan fingerprint density at radius 3 is 3.05 bits per heavy atom. The number of halogens is 1. The van der Waals surface area contributed by atoms with Crippen molar-refractivity contribution in [1.29, 1.82) is 5.26 Å². The first-order valence-electron chi connectivity index (χ1n) is 7.17. The van der Waals surface area contributed by atoms with Crippen LogP contribution in [0.4, 0.5) is 15.2 Å². The van der Waals surface area contributed by atoms with Gasteiger partial charge in [-0.15, -0.1) is 0 Å². The number of anilines is 2. The van der Waals surface area contributed by atoms with Gasteiger partial charge in [-0.2, -0.15) is 9.64 Å². The number of nitrogens with zero attached hydrogens (tertiary/aromatic N) is 4. The number of rotatable bonds is 3. The Hall–Kier alpha value is -2.20. The maximum atomic E-state index is 14.1. The molecule has 0 aliphatic carbocycles. The van der Waals surface area contributed by atoms with Crippen LogP contribution in [0.1, 0.15) is 24.2 Å². The topological polar surface area (TPSA) is 64.8 Å². The van der Waals surface area contributed by atoms with E-state index in [1.807, 2.05) is 17.9 Å². The second-order valence-corrected chi connectivity index (χ2v) is 6.11. The van der Waals surface area contributed by atoms with Crippen molar-refractivity contribution in [2.45, 2.75) is 25.8 Å². The Morgan fingerprint density at radius 1 is 1.50 bits per heavy atom. The highest BCUT2D eigenvalue weighted by atomic mass is 32.1. The second-order valence-electron chi connectivity index (χ2n) is 5.35. The summed E-state index contributed by atoms with van der Waals surface area (Å²) in [5, 5.41) is 13.0. The van der Waals surface area contributed by atoms with Crippen LogP contribution in [-0.4, -0.2) is 28.5 Å². The lowest BCUT2D eigenvalue weighted by molar-refractivity contribution is 0.519. The third kappa shape index (κ3) is 3.17. The van der Waals surface area contributed by atoms with E-state index >= 15 is 0 Å². The summed E-state index contributed by atoms with van der Waals surface area (Å²) in [6, 6.07) is 6.81. The summed E-state index contributed by atoms with van der Waals surface area (Å²) in [6.45, 7) is 3.39. The van der Waals surface area contributed by atoms with Gasteiger partial charge < -0.3 is 10.2 Å². The van der Waals surface area contributed by atoms with Crippen LogP contribution in [0.2, 0.25) is 0 Å². The lowest BCUT2D eigenvalue weighted by Crippen LogP contribution is -2.42. The second kappa shape index (κ2) is 6.28. The van der Waals surface area contributed by atoms with Crippen molar-refractivity contribution in [3.63, 3.8) is 0 Å². The first-order valence-corrected chi connectivity index (χ1v) is 7.94. The van der Waals surface area contributed by atoms with Crippen molar-refractivity contribution in [2.75, 3.05) is 23.3 Å². The lowest BCUT2D eigenvalue weighted by atomic mass is 10.0. The quantitative estimate of drug-likeness (QED) is 0.943. The molecule has 114 valence electrons. The predicted molar refractivity (Wildman–Crippen MR) is 84.6 cm³/mol. The van der Waals surface area contributed by atoms with E-state index in [1.54, 1.807) is 12.1 Å². The molecule has 1 aromatic heterocycles. The normalized spacial score (nSPS) is 18.0. The molecule has 1 atom stereocenters. The minimum absolute atomic E-state index is 0.219. The molecule has 1 N–H and O–H groups in total. The molecule has 5 nitrogen and oxygen atoms in total. The maximum absolute atomic E-state index is 14.1. The summed E-state index contributed by atoms with van der Waals surface area (Å²) in [4.78, 5) is 6.33. The van der Waals surface area contributed by atoms with Crippen LogP contribution in [-0.2, 0) is 0 Å². The van der Waals surface area contributed by atoms with Crippen molar-refractivity contribution in [1.82, 2.24) is 9.36 Å². The van der Waals surface area contributed by atoms with Gasteiger partial charge in [-0.25, -0.2) is 9.37 Å². The fraction of sp³-hybridized carbons (Fsp3) is 0.400. The largest absolute Gasteiger partial charge is 0.367 e. The van der Waals surface area contributed by atoms with E-state index in [2.05, 4.69) is 14.7 Å². The van der Waals surface area contributed by atoms with Crippen LogP contribution in [0.5, 0.6) is 0 Å². The lowest BCUT2D eigenvalue weighted by Gasteiger charge is -2.34. The van der Waals surface area contributed by atoms with Crippen LogP contribution in [0.15, 0.2) is 18.2 Å². The minimum Gasteiger partial charge on any atom is -0.367 e. The van der Waals surface area contributed by atoms with Crippen molar-refractivity contribution >= 4 is 22.4 Å². The monoisotopic (exact) mass is 317 g/mol. The Balaban J connectivity index is 1.71. The third-order valence-electron chi connectivity index (χ3n) is 3.69. The van der Waals surface area contributed by atoms with Crippen LogP contribution >= 0.6 is 11.5 Å².